The summed E-state index contributed by atoms with van der Waals surface area (Å²) in [5, 5.41) is 9.86. The first kappa shape index (κ1) is 29.0. The molecule has 10 nitrogen and oxygen atoms in total. The normalized spacial score (nSPS) is 17.5. The summed E-state index contributed by atoms with van der Waals surface area (Å²) >= 11 is 0. The first-order valence-electron chi connectivity index (χ1n) is 13.9. The van der Waals surface area contributed by atoms with E-state index in [4.69, 9.17) is 0 Å². The van der Waals surface area contributed by atoms with E-state index in [1.807, 2.05) is 34.6 Å². The molecular formula is C30H33F2N7O3. The molecule has 0 aliphatic carbocycles. The Morgan fingerprint density at radius 1 is 0.952 bits per heavy atom. The third-order valence-corrected chi connectivity index (χ3v) is 7.63. The van der Waals surface area contributed by atoms with Crippen molar-refractivity contribution in [3.63, 3.8) is 0 Å². The van der Waals surface area contributed by atoms with Crippen molar-refractivity contribution in [3.05, 3.63) is 70.2 Å². The second-order valence-electron chi connectivity index (χ2n) is 11.3. The van der Waals surface area contributed by atoms with Gasteiger partial charge < -0.3 is 14.9 Å². The van der Waals surface area contributed by atoms with E-state index in [9.17, 15) is 19.1 Å². The fourth-order valence-corrected chi connectivity index (χ4v) is 5.54. The van der Waals surface area contributed by atoms with Crippen LogP contribution in [0.1, 0.15) is 64.8 Å². The van der Waals surface area contributed by atoms with Gasteiger partial charge in [-0.25, -0.2) is 37.9 Å². The number of pyridine rings is 1. The molecule has 4 aromatic rings. The second-order valence-corrected chi connectivity index (χ2v) is 11.3. The van der Waals surface area contributed by atoms with E-state index in [2.05, 4.69) is 19.9 Å². The Morgan fingerprint density at radius 3 is 2.19 bits per heavy atom. The number of rotatable bonds is 5. The highest BCUT2D eigenvalue weighted by Crippen LogP contribution is 2.35. The maximum absolute atomic E-state index is 15.9. The SMILES string of the molecule is CC(C)c1ncnc(C(C)C)c1-n1c(=O)nc(N2C[C@@H](C)N(C(=O)O)C[C@@H]2C)c2cc(F)c(-c3ccccc3F)nc21. The molecular weight excluding hydrogens is 544 g/mol. The third kappa shape index (κ3) is 4.94. The van der Waals surface area contributed by atoms with Crippen LogP contribution < -0.4 is 10.6 Å². The van der Waals surface area contributed by atoms with E-state index in [0.717, 1.165) is 0 Å². The van der Waals surface area contributed by atoms with Crippen LogP contribution >= 0.6 is 0 Å². The molecule has 2 atom stereocenters. The molecule has 4 heterocycles. The molecule has 0 bridgehead atoms. The van der Waals surface area contributed by atoms with Gasteiger partial charge in [0.15, 0.2) is 5.65 Å². The van der Waals surface area contributed by atoms with Crippen LogP contribution in [0.2, 0.25) is 0 Å². The average molecular weight is 578 g/mol. The van der Waals surface area contributed by atoms with Crippen molar-refractivity contribution >= 4 is 22.9 Å². The number of hydrogen-bond acceptors (Lipinski definition) is 7. The van der Waals surface area contributed by atoms with Crippen LogP contribution in [0.5, 0.6) is 0 Å². The number of carboxylic acid groups (broad SMARTS) is 1. The maximum atomic E-state index is 15.9. The van der Waals surface area contributed by atoms with Crippen LogP contribution in [0.25, 0.3) is 28.0 Å². The summed E-state index contributed by atoms with van der Waals surface area (Å²) < 4.78 is 32.0. The standard InChI is InChI=1S/C30H33F2N7O3/c1-15(2)23-26(24(16(3)4)34-14-33-23)39-28-20(11-22(32)25(35-28)19-9-7-8-10-21(19)31)27(36-29(39)40)37-12-18(6)38(30(41)42)13-17(37)5/h7-11,14-18H,12-13H2,1-6H3,(H,41,42)/t17-,18+/m0/s1. The van der Waals surface area contributed by atoms with Gasteiger partial charge >= 0.3 is 11.8 Å². The van der Waals surface area contributed by atoms with E-state index in [1.165, 1.54) is 40.1 Å². The number of hydrogen-bond donors (Lipinski definition) is 1. The molecule has 42 heavy (non-hydrogen) atoms. The lowest BCUT2D eigenvalue weighted by molar-refractivity contribution is 0.114. The molecule has 0 radical (unpaired) electrons. The lowest BCUT2D eigenvalue weighted by atomic mass is 10.0. The van der Waals surface area contributed by atoms with Crippen molar-refractivity contribution in [2.75, 3.05) is 18.0 Å². The lowest BCUT2D eigenvalue weighted by Crippen LogP contribution is -2.58. The predicted octanol–water partition coefficient (Wildman–Crippen LogP) is 5.34. The Balaban J connectivity index is 1.88. The molecule has 0 saturated carbocycles. The molecule has 220 valence electrons. The van der Waals surface area contributed by atoms with Gasteiger partial charge in [-0.05, 0) is 43.9 Å². The van der Waals surface area contributed by atoms with Crippen LogP contribution in [-0.4, -0.2) is 65.8 Å². The zero-order chi connectivity index (χ0) is 30.5. The topological polar surface area (TPSA) is 117 Å². The van der Waals surface area contributed by atoms with Gasteiger partial charge in [0.05, 0.1) is 22.5 Å². The van der Waals surface area contributed by atoms with Crippen LogP contribution in [0.4, 0.5) is 19.4 Å². The van der Waals surface area contributed by atoms with Crippen molar-refractivity contribution in [2.45, 2.75) is 65.5 Å². The largest absolute Gasteiger partial charge is 0.465 e. The zero-order valence-corrected chi connectivity index (χ0v) is 24.3. The molecule has 5 rings (SSSR count). The average Bonchev–Trinajstić information content (AvgIpc) is 2.93. The monoisotopic (exact) mass is 577 g/mol. The number of halogens is 2. The third-order valence-electron chi connectivity index (χ3n) is 7.63. The Bertz CT molecular complexity index is 1710. The first-order chi connectivity index (χ1) is 19.9. The van der Waals surface area contributed by atoms with Gasteiger partial charge in [0.2, 0.25) is 0 Å². The van der Waals surface area contributed by atoms with Crippen molar-refractivity contribution in [2.24, 2.45) is 0 Å². The van der Waals surface area contributed by atoms with Crippen molar-refractivity contribution < 1.29 is 18.7 Å². The van der Waals surface area contributed by atoms with Gasteiger partial charge in [0.25, 0.3) is 0 Å². The van der Waals surface area contributed by atoms with Crippen molar-refractivity contribution in [1.82, 2.24) is 29.4 Å². The van der Waals surface area contributed by atoms with Gasteiger partial charge in [-0.2, -0.15) is 4.98 Å². The molecule has 1 aromatic carbocycles. The highest BCUT2D eigenvalue weighted by molar-refractivity contribution is 5.90. The summed E-state index contributed by atoms with van der Waals surface area (Å²) in [5.74, 6) is -1.50. The molecule has 1 aliphatic rings. The minimum Gasteiger partial charge on any atom is -0.465 e. The van der Waals surface area contributed by atoms with Crippen molar-refractivity contribution in [1.29, 1.82) is 0 Å². The Kier molecular flexibility index (Phi) is 7.65. The number of benzene rings is 1. The van der Waals surface area contributed by atoms with E-state index in [-0.39, 0.29) is 59.1 Å². The van der Waals surface area contributed by atoms with E-state index in [1.54, 1.807) is 17.9 Å². The van der Waals surface area contributed by atoms with Crippen LogP contribution in [0, 0.1) is 11.6 Å². The zero-order valence-electron chi connectivity index (χ0n) is 24.3. The van der Waals surface area contributed by atoms with Crippen LogP contribution in [-0.2, 0) is 0 Å². The van der Waals surface area contributed by atoms with Gasteiger partial charge in [-0.3, -0.25) is 0 Å². The number of nitrogens with zero attached hydrogens (tertiary/aromatic N) is 7. The predicted molar refractivity (Wildman–Crippen MR) is 155 cm³/mol. The quantitative estimate of drug-likeness (QED) is 0.338. The van der Waals surface area contributed by atoms with E-state index in [0.29, 0.717) is 17.1 Å². The first-order valence-corrected chi connectivity index (χ1v) is 13.9. The Hall–Kier alpha value is -4.48. The molecule has 1 fully saturated rings. The highest BCUT2D eigenvalue weighted by atomic mass is 19.1. The van der Waals surface area contributed by atoms with Crippen molar-refractivity contribution in [3.8, 4) is 16.9 Å². The Morgan fingerprint density at radius 2 is 1.60 bits per heavy atom. The number of carbonyl (C=O) groups is 1. The smallest absolute Gasteiger partial charge is 0.407 e. The summed E-state index contributed by atoms with van der Waals surface area (Å²) in [6, 6.07) is 6.15. The summed E-state index contributed by atoms with van der Waals surface area (Å²) in [4.78, 5) is 47.0. The van der Waals surface area contributed by atoms with E-state index < -0.39 is 29.5 Å². The minimum atomic E-state index is -1.05. The summed E-state index contributed by atoms with van der Waals surface area (Å²) in [6.45, 7) is 11.7. The van der Waals surface area contributed by atoms with Gasteiger partial charge in [0, 0.05) is 30.7 Å². The summed E-state index contributed by atoms with van der Waals surface area (Å²) in [7, 11) is 0. The molecule has 0 unspecified atom stereocenters. The van der Waals surface area contributed by atoms with Gasteiger partial charge in [-0.1, -0.05) is 39.8 Å². The highest BCUT2D eigenvalue weighted by Gasteiger charge is 2.35. The van der Waals surface area contributed by atoms with Crippen LogP contribution in [0.3, 0.4) is 0 Å². The molecule has 0 spiro atoms. The number of anilines is 1. The molecule has 1 saturated heterocycles. The lowest BCUT2D eigenvalue weighted by Gasteiger charge is -2.43. The molecule has 1 amide bonds. The van der Waals surface area contributed by atoms with Gasteiger partial charge in [0.1, 0.15) is 29.5 Å². The van der Waals surface area contributed by atoms with E-state index >= 15 is 4.39 Å². The second kappa shape index (κ2) is 11.1. The summed E-state index contributed by atoms with van der Waals surface area (Å²) in [5.41, 5.74) is 0.664. The molecule has 3 aromatic heterocycles. The van der Waals surface area contributed by atoms with Gasteiger partial charge in [-0.15, -0.1) is 0 Å². The van der Waals surface area contributed by atoms with Crippen LogP contribution in [0.15, 0.2) is 41.5 Å². The molecule has 1 N–H and O–H groups in total. The number of piperazine rings is 1. The maximum Gasteiger partial charge on any atom is 0.407 e. The number of fused-ring (bicyclic) bond motifs is 1. The summed E-state index contributed by atoms with van der Waals surface area (Å²) in [6.07, 6.45) is 0.405. The molecule has 12 heteroatoms. The fourth-order valence-electron chi connectivity index (χ4n) is 5.54. The molecule has 1 aliphatic heterocycles. The number of amides is 1. The minimum absolute atomic E-state index is 0.0520. The number of aromatic nitrogens is 5. The Labute approximate surface area is 241 Å². The fraction of sp³-hybridized carbons (Fsp3) is 0.400.